The number of amides is 1. The number of methoxy groups -OCH3 is 1. The highest BCUT2D eigenvalue weighted by Gasteiger charge is 2.24. The summed E-state index contributed by atoms with van der Waals surface area (Å²) >= 11 is 0. The molecular formula is C16H15NO3. The van der Waals surface area contributed by atoms with E-state index in [1.165, 1.54) is 12.0 Å². The Balaban J connectivity index is 2.27. The third-order valence-electron chi connectivity index (χ3n) is 2.99. The first-order valence-corrected chi connectivity index (χ1v) is 6.15. The lowest BCUT2D eigenvalue weighted by Crippen LogP contribution is -2.33. The number of hydrogen-bond acceptors (Lipinski definition) is 3. The summed E-state index contributed by atoms with van der Waals surface area (Å²) in [7, 11) is 3.04. The van der Waals surface area contributed by atoms with Gasteiger partial charge < -0.3 is 9.64 Å². The number of carbonyl (C=O) groups excluding carboxylic acids is 2. The van der Waals surface area contributed by atoms with E-state index in [1.54, 1.807) is 43.4 Å². The molecule has 0 N–H and O–H groups in total. The van der Waals surface area contributed by atoms with E-state index in [1.807, 2.05) is 18.2 Å². The number of ketones is 1. The second kappa shape index (κ2) is 6.02. The minimum Gasteiger partial charge on any atom is -0.496 e. The van der Waals surface area contributed by atoms with Crippen LogP contribution >= 0.6 is 0 Å². The van der Waals surface area contributed by atoms with E-state index in [9.17, 15) is 9.59 Å². The normalized spacial score (nSPS) is 9.90. The molecule has 0 radical (unpaired) electrons. The van der Waals surface area contributed by atoms with Crippen molar-refractivity contribution in [2.45, 2.75) is 0 Å². The van der Waals surface area contributed by atoms with E-state index in [2.05, 4.69) is 0 Å². The molecule has 0 aromatic heterocycles. The van der Waals surface area contributed by atoms with Gasteiger partial charge >= 0.3 is 0 Å². The van der Waals surface area contributed by atoms with Gasteiger partial charge in [-0.15, -0.1) is 0 Å². The van der Waals surface area contributed by atoms with Gasteiger partial charge in [0.1, 0.15) is 5.75 Å². The third-order valence-corrected chi connectivity index (χ3v) is 2.99. The van der Waals surface area contributed by atoms with Crippen molar-refractivity contribution in [1.82, 2.24) is 0 Å². The molecule has 0 aliphatic rings. The number of carbonyl (C=O) groups is 2. The Morgan fingerprint density at radius 1 is 0.950 bits per heavy atom. The molecule has 0 saturated heterocycles. The van der Waals surface area contributed by atoms with Crippen molar-refractivity contribution in [2.75, 3.05) is 19.1 Å². The maximum Gasteiger partial charge on any atom is 0.299 e. The van der Waals surface area contributed by atoms with Gasteiger partial charge in [-0.2, -0.15) is 0 Å². The summed E-state index contributed by atoms with van der Waals surface area (Å²) < 4.78 is 5.11. The lowest BCUT2D eigenvalue weighted by molar-refractivity contribution is -0.114. The van der Waals surface area contributed by atoms with Gasteiger partial charge in [0, 0.05) is 12.7 Å². The average Bonchev–Trinajstić information content (AvgIpc) is 2.53. The Labute approximate surface area is 117 Å². The Kier molecular flexibility index (Phi) is 4.15. The van der Waals surface area contributed by atoms with Crippen LogP contribution in [0.15, 0.2) is 54.6 Å². The Hall–Kier alpha value is -2.62. The molecule has 2 aromatic carbocycles. The SMILES string of the molecule is COc1ccccc1C(=O)C(=O)N(C)c1ccccc1. The second-order valence-electron chi connectivity index (χ2n) is 4.23. The van der Waals surface area contributed by atoms with Crippen molar-refractivity contribution < 1.29 is 14.3 Å². The lowest BCUT2D eigenvalue weighted by Gasteiger charge is -2.16. The van der Waals surface area contributed by atoms with E-state index in [0.717, 1.165) is 0 Å². The quantitative estimate of drug-likeness (QED) is 0.633. The summed E-state index contributed by atoms with van der Waals surface area (Å²) in [6.45, 7) is 0. The zero-order valence-electron chi connectivity index (χ0n) is 11.4. The lowest BCUT2D eigenvalue weighted by atomic mass is 10.1. The summed E-state index contributed by atoms with van der Waals surface area (Å²) in [5.41, 5.74) is 0.934. The van der Waals surface area contributed by atoms with Gasteiger partial charge in [0.2, 0.25) is 0 Å². The summed E-state index contributed by atoms with van der Waals surface area (Å²) in [5, 5.41) is 0. The fourth-order valence-electron chi connectivity index (χ4n) is 1.87. The first kappa shape index (κ1) is 13.8. The Bertz CT molecular complexity index is 623. The molecule has 20 heavy (non-hydrogen) atoms. The van der Waals surface area contributed by atoms with Crippen LogP contribution < -0.4 is 9.64 Å². The van der Waals surface area contributed by atoms with Gasteiger partial charge in [-0.3, -0.25) is 9.59 Å². The molecule has 4 nitrogen and oxygen atoms in total. The van der Waals surface area contributed by atoms with Crippen LogP contribution in [0.5, 0.6) is 5.75 Å². The molecule has 0 unspecified atom stereocenters. The summed E-state index contributed by atoms with van der Waals surface area (Å²) in [4.78, 5) is 25.8. The molecule has 1 amide bonds. The highest BCUT2D eigenvalue weighted by molar-refractivity contribution is 6.47. The summed E-state index contributed by atoms with van der Waals surface area (Å²) in [6.07, 6.45) is 0. The number of rotatable bonds is 4. The van der Waals surface area contributed by atoms with Crippen molar-refractivity contribution in [3.63, 3.8) is 0 Å². The maximum absolute atomic E-state index is 12.3. The predicted octanol–water partition coefficient (Wildman–Crippen LogP) is 2.54. The van der Waals surface area contributed by atoms with Gasteiger partial charge in [0.05, 0.1) is 12.7 Å². The molecule has 0 spiro atoms. The molecule has 0 fully saturated rings. The Morgan fingerprint density at radius 3 is 2.20 bits per heavy atom. The molecule has 0 atom stereocenters. The highest BCUT2D eigenvalue weighted by atomic mass is 16.5. The van der Waals surface area contributed by atoms with Crippen molar-refractivity contribution in [3.05, 3.63) is 60.2 Å². The number of likely N-dealkylation sites (N-methyl/N-ethyl adjacent to an activating group) is 1. The van der Waals surface area contributed by atoms with E-state index in [4.69, 9.17) is 4.74 Å². The van der Waals surface area contributed by atoms with Crippen molar-refractivity contribution >= 4 is 17.4 Å². The van der Waals surface area contributed by atoms with E-state index in [0.29, 0.717) is 11.4 Å². The molecule has 2 aromatic rings. The first-order chi connectivity index (χ1) is 9.65. The summed E-state index contributed by atoms with van der Waals surface area (Å²) in [5.74, 6) is -0.790. The topological polar surface area (TPSA) is 46.6 Å². The molecule has 102 valence electrons. The number of hydrogen-bond donors (Lipinski definition) is 0. The van der Waals surface area contributed by atoms with Gasteiger partial charge in [0.15, 0.2) is 0 Å². The molecular weight excluding hydrogens is 254 g/mol. The fraction of sp³-hybridized carbons (Fsp3) is 0.125. The van der Waals surface area contributed by atoms with Crippen LogP contribution in [-0.4, -0.2) is 25.8 Å². The van der Waals surface area contributed by atoms with E-state index < -0.39 is 11.7 Å². The molecule has 4 heteroatoms. The zero-order chi connectivity index (χ0) is 14.5. The van der Waals surface area contributed by atoms with Crippen LogP contribution in [0.2, 0.25) is 0 Å². The number of para-hydroxylation sites is 2. The molecule has 0 bridgehead atoms. The number of benzene rings is 2. The highest BCUT2D eigenvalue weighted by Crippen LogP contribution is 2.20. The van der Waals surface area contributed by atoms with Gasteiger partial charge in [0.25, 0.3) is 11.7 Å². The largest absolute Gasteiger partial charge is 0.496 e. The van der Waals surface area contributed by atoms with Crippen LogP contribution in [0, 0.1) is 0 Å². The van der Waals surface area contributed by atoms with Crippen LogP contribution in [-0.2, 0) is 4.79 Å². The smallest absolute Gasteiger partial charge is 0.299 e. The van der Waals surface area contributed by atoms with E-state index in [-0.39, 0.29) is 5.56 Å². The zero-order valence-corrected chi connectivity index (χ0v) is 11.4. The number of anilines is 1. The van der Waals surface area contributed by atoms with Gasteiger partial charge in [-0.05, 0) is 24.3 Å². The van der Waals surface area contributed by atoms with Gasteiger partial charge in [-0.1, -0.05) is 30.3 Å². The molecule has 0 aliphatic heterocycles. The van der Waals surface area contributed by atoms with Crippen LogP contribution in [0.4, 0.5) is 5.69 Å². The van der Waals surface area contributed by atoms with E-state index >= 15 is 0 Å². The fourth-order valence-corrected chi connectivity index (χ4v) is 1.87. The number of nitrogens with zero attached hydrogens (tertiary/aromatic N) is 1. The van der Waals surface area contributed by atoms with Crippen molar-refractivity contribution in [1.29, 1.82) is 0 Å². The van der Waals surface area contributed by atoms with Crippen LogP contribution in [0.3, 0.4) is 0 Å². The van der Waals surface area contributed by atoms with Crippen molar-refractivity contribution in [3.8, 4) is 5.75 Å². The van der Waals surface area contributed by atoms with Gasteiger partial charge in [-0.25, -0.2) is 0 Å². The summed E-state index contributed by atoms with van der Waals surface area (Å²) in [6, 6.07) is 15.7. The van der Waals surface area contributed by atoms with Crippen LogP contribution in [0.25, 0.3) is 0 Å². The standard InChI is InChI=1S/C16H15NO3/c1-17(12-8-4-3-5-9-12)16(19)15(18)13-10-6-7-11-14(13)20-2/h3-11H,1-2H3. The maximum atomic E-state index is 12.3. The molecule has 0 saturated carbocycles. The number of Topliss-reactive ketones (excluding diaryl/α,β-unsaturated/α-hetero) is 1. The average molecular weight is 269 g/mol. The molecule has 0 heterocycles. The second-order valence-corrected chi connectivity index (χ2v) is 4.23. The predicted molar refractivity (Wildman–Crippen MR) is 77.2 cm³/mol. The number of ether oxygens (including phenoxy) is 1. The Morgan fingerprint density at radius 2 is 1.55 bits per heavy atom. The van der Waals surface area contributed by atoms with Crippen molar-refractivity contribution in [2.24, 2.45) is 0 Å². The van der Waals surface area contributed by atoms with Crippen LogP contribution in [0.1, 0.15) is 10.4 Å². The minimum absolute atomic E-state index is 0.266. The molecule has 0 aliphatic carbocycles. The molecule has 2 rings (SSSR count). The monoisotopic (exact) mass is 269 g/mol. The minimum atomic E-state index is -0.597. The third kappa shape index (κ3) is 2.69. The first-order valence-electron chi connectivity index (χ1n) is 6.15.